The standard InChI is InChI=1S/C62H84N12O19S2/c1-35(76)47(32-75)69-59(88)49-34-95-94-33-48(70-55(84)44(25-37-13-5-3-6-14-37)65-50(78)29-74(31-52(81)82)24-23-73(30-51(79)80)22-20-41(61(90)91)62(92)93)58(87)67-45(26-38-15-7-4-8-16-38)56(85)68-46(27-39-28-64-42-18-10-9-17-40(39)42)57(86)66-43(19-11-12-21-63)54(83)72-53(36(2)77)60(89)71-49/h3-10,13-18,28,35-36,41,43-49,53,64,75-77H,11-12,19-27,29-34,63H2,1-2H3,(H,65,78)(H,66,86)(H,67,87)(H,68,85)(H,69,88)(H,70,84)(H,71,89)(H,72,83)(H,79,80)(H,81,82)(H,90,91)(H,92,93). The molecular weight excluding hydrogens is 1280 g/mol. The van der Waals surface area contributed by atoms with E-state index in [0.717, 1.165) is 26.5 Å². The van der Waals surface area contributed by atoms with Crippen LogP contribution in [0.2, 0.25) is 0 Å². The highest BCUT2D eigenvalue weighted by molar-refractivity contribution is 8.76. The first kappa shape index (κ1) is 77.0. The summed E-state index contributed by atoms with van der Waals surface area (Å²) in [4.78, 5) is 169. The van der Waals surface area contributed by atoms with Gasteiger partial charge in [-0.1, -0.05) is 100 Å². The maximum Gasteiger partial charge on any atom is 0.317 e. The number of aliphatic carboxylic acids is 4. The van der Waals surface area contributed by atoms with Crippen LogP contribution in [0.4, 0.5) is 0 Å². The van der Waals surface area contributed by atoms with E-state index in [4.69, 9.17) is 5.73 Å². The van der Waals surface area contributed by atoms with E-state index in [9.17, 15) is 83.7 Å². The number of aromatic amines is 1. The molecule has 1 saturated heterocycles. The van der Waals surface area contributed by atoms with Gasteiger partial charge in [-0.3, -0.25) is 67.3 Å². The second-order valence-electron chi connectivity index (χ2n) is 22.8. The van der Waals surface area contributed by atoms with E-state index < -0.39 is 176 Å². The first-order chi connectivity index (χ1) is 45.3. The smallest absolute Gasteiger partial charge is 0.317 e. The highest BCUT2D eigenvalue weighted by Gasteiger charge is 2.38. The first-order valence-electron chi connectivity index (χ1n) is 30.6. The van der Waals surface area contributed by atoms with Crippen LogP contribution >= 0.6 is 21.6 Å². The summed E-state index contributed by atoms with van der Waals surface area (Å²) >= 11 is 0. The van der Waals surface area contributed by atoms with Crippen LogP contribution < -0.4 is 48.3 Å². The largest absolute Gasteiger partial charge is 0.481 e. The summed E-state index contributed by atoms with van der Waals surface area (Å²) in [6.07, 6.45) is -1.85. The molecule has 0 bridgehead atoms. The van der Waals surface area contributed by atoms with Gasteiger partial charge in [0.15, 0.2) is 5.92 Å². The van der Waals surface area contributed by atoms with Crippen LogP contribution in [0.5, 0.6) is 0 Å². The number of nitrogens with zero attached hydrogens (tertiary/aromatic N) is 2. The monoisotopic (exact) mass is 1360 g/mol. The number of carbonyl (C=O) groups is 12. The number of amides is 8. The predicted octanol–water partition coefficient (Wildman–Crippen LogP) is -2.70. The molecule has 0 aliphatic carbocycles. The summed E-state index contributed by atoms with van der Waals surface area (Å²) in [6.45, 7) is -1.29. The Hall–Kier alpha value is -8.70. The fraction of sp³-hybridized carbons (Fsp3) is 0.484. The fourth-order valence-corrected chi connectivity index (χ4v) is 12.4. The van der Waals surface area contributed by atoms with E-state index in [1.807, 2.05) is 0 Å². The number of aromatic nitrogens is 1. The van der Waals surface area contributed by atoms with Crippen molar-refractivity contribution >= 4 is 104 Å². The number of benzene rings is 3. The van der Waals surface area contributed by atoms with E-state index in [0.29, 0.717) is 34.0 Å². The van der Waals surface area contributed by atoms with Crippen LogP contribution in [-0.4, -0.2) is 246 Å². The van der Waals surface area contributed by atoms with Gasteiger partial charge in [0.2, 0.25) is 47.3 Å². The Labute approximate surface area is 554 Å². The number of nitrogens with two attached hydrogens (primary N) is 1. The number of rotatable bonds is 32. The van der Waals surface area contributed by atoms with Gasteiger partial charge in [0.1, 0.15) is 42.3 Å². The van der Waals surface area contributed by atoms with Crippen LogP contribution in [0.15, 0.2) is 91.1 Å². The number of unbranched alkanes of at least 4 members (excludes halogenated alkanes) is 1. The Morgan fingerprint density at radius 3 is 1.81 bits per heavy atom. The van der Waals surface area contributed by atoms with Crippen molar-refractivity contribution in [1.82, 2.24) is 57.3 Å². The van der Waals surface area contributed by atoms with Gasteiger partial charge in [-0.2, -0.15) is 0 Å². The number of carboxylic acids is 4. The number of para-hydroxylation sites is 1. The van der Waals surface area contributed by atoms with Gasteiger partial charge >= 0.3 is 23.9 Å². The molecule has 1 aromatic heterocycles. The Morgan fingerprint density at radius 2 is 1.20 bits per heavy atom. The van der Waals surface area contributed by atoms with Crippen molar-refractivity contribution in [3.8, 4) is 0 Å². The Bertz CT molecular complexity index is 3240. The molecule has 1 aliphatic heterocycles. The van der Waals surface area contributed by atoms with Gasteiger partial charge in [0, 0.05) is 67.5 Å². The minimum Gasteiger partial charge on any atom is -0.481 e. The summed E-state index contributed by atoms with van der Waals surface area (Å²) in [5, 5.41) is 91.4. The van der Waals surface area contributed by atoms with Gasteiger partial charge in [-0.15, -0.1) is 0 Å². The molecule has 1 fully saturated rings. The van der Waals surface area contributed by atoms with Crippen molar-refractivity contribution in [2.75, 3.05) is 63.9 Å². The van der Waals surface area contributed by atoms with Crippen molar-refractivity contribution in [3.63, 3.8) is 0 Å². The summed E-state index contributed by atoms with van der Waals surface area (Å²) < 4.78 is 0. The lowest BCUT2D eigenvalue weighted by atomic mass is 10.0. The minimum atomic E-state index is -1.89. The van der Waals surface area contributed by atoms with Crippen LogP contribution in [-0.2, 0) is 76.8 Å². The van der Waals surface area contributed by atoms with Crippen molar-refractivity contribution in [1.29, 1.82) is 0 Å². The molecule has 0 saturated carbocycles. The molecule has 0 radical (unpaired) electrons. The Morgan fingerprint density at radius 1 is 0.632 bits per heavy atom. The average molecular weight is 1370 g/mol. The van der Waals surface area contributed by atoms with Crippen LogP contribution in [0.1, 0.15) is 56.2 Å². The first-order valence-corrected chi connectivity index (χ1v) is 33.1. The molecule has 31 nitrogen and oxygen atoms in total. The zero-order valence-corrected chi connectivity index (χ0v) is 54.0. The number of H-pyrrole nitrogens is 1. The number of hydrogen-bond donors (Lipinski definition) is 17. The van der Waals surface area contributed by atoms with Crippen molar-refractivity contribution in [3.05, 3.63) is 108 Å². The molecular formula is C62H84N12O19S2. The lowest BCUT2D eigenvalue weighted by Gasteiger charge is -2.29. The molecule has 5 rings (SSSR count). The van der Waals surface area contributed by atoms with E-state index in [1.165, 1.54) is 18.7 Å². The zero-order chi connectivity index (χ0) is 69.7. The third-order valence-corrected chi connectivity index (χ3v) is 17.7. The zero-order valence-electron chi connectivity index (χ0n) is 52.3. The van der Waals surface area contributed by atoms with Gasteiger partial charge in [-0.05, 0) is 68.8 Å². The van der Waals surface area contributed by atoms with Crippen molar-refractivity contribution < 1.29 is 93.3 Å². The molecule has 18 N–H and O–H groups in total. The molecule has 0 spiro atoms. The van der Waals surface area contributed by atoms with Crippen LogP contribution in [0, 0.1) is 5.92 Å². The van der Waals surface area contributed by atoms with Crippen molar-refractivity contribution in [2.45, 2.75) is 119 Å². The second kappa shape index (κ2) is 39.2. The highest BCUT2D eigenvalue weighted by Crippen LogP contribution is 2.25. The van der Waals surface area contributed by atoms with E-state index in [2.05, 4.69) is 47.5 Å². The molecule has 95 heavy (non-hydrogen) atoms. The maximum atomic E-state index is 15.1. The van der Waals surface area contributed by atoms with E-state index in [-0.39, 0.29) is 64.0 Å². The lowest BCUT2D eigenvalue weighted by molar-refractivity contribution is -0.155. The fourth-order valence-electron chi connectivity index (χ4n) is 10.1. The lowest BCUT2D eigenvalue weighted by Crippen LogP contribution is -2.62. The quantitative estimate of drug-likeness (QED) is 0.0134. The second-order valence-corrected chi connectivity index (χ2v) is 25.3. The molecule has 10 atom stereocenters. The minimum absolute atomic E-state index is 0.0523. The summed E-state index contributed by atoms with van der Waals surface area (Å²) in [5.41, 5.74) is 8.08. The number of hydrogen-bond acceptors (Lipinski definition) is 20. The summed E-state index contributed by atoms with van der Waals surface area (Å²) in [6, 6.07) is 11.6. The van der Waals surface area contributed by atoms with Gasteiger partial charge in [0.25, 0.3) is 0 Å². The Balaban J connectivity index is 1.58. The normalized spacial score (nSPS) is 20.0. The van der Waals surface area contributed by atoms with Gasteiger partial charge in [0.05, 0.1) is 44.5 Å². The maximum absolute atomic E-state index is 15.1. The van der Waals surface area contributed by atoms with E-state index >= 15 is 9.59 Å². The van der Waals surface area contributed by atoms with Gasteiger partial charge in [-0.25, -0.2) is 0 Å². The van der Waals surface area contributed by atoms with Crippen LogP contribution in [0.3, 0.4) is 0 Å². The third kappa shape index (κ3) is 25.9. The number of carboxylic acid groups (broad SMARTS) is 4. The molecule has 4 aromatic rings. The average Bonchev–Trinajstić information content (AvgIpc) is 1.75. The van der Waals surface area contributed by atoms with Crippen LogP contribution in [0.25, 0.3) is 10.9 Å². The highest BCUT2D eigenvalue weighted by atomic mass is 33.1. The molecule has 518 valence electrons. The molecule has 10 unspecified atom stereocenters. The molecule has 1 aliphatic rings. The topological polar surface area (TPSA) is 491 Å². The number of carbonyl (C=O) groups excluding carboxylic acids is 8. The van der Waals surface area contributed by atoms with Gasteiger partial charge < -0.3 is 89.0 Å². The predicted molar refractivity (Wildman–Crippen MR) is 348 cm³/mol. The molecule has 2 heterocycles. The number of nitrogens with one attached hydrogen (secondary N) is 9. The number of aliphatic hydroxyl groups excluding tert-OH is 3. The molecule has 3 aromatic carbocycles. The summed E-state index contributed by atoms with van der Waals surface area (Å²) in [5.74, 6) is -16.5. The number of aliphatic hydroxyl groups is 3. The number of fused-ring (bicyclic) bond motifs is 1. The molecule has 8 amide bonds. The van der Waals surface area contributed by atoms with Crippen molar-refractivity contribution in [2.24, 2.45) is 11.7 Å². The third-order valence-electron chi connectivity index (χ3n) is 15.3. The summed E-state index contributed by atoms with van der Waals surface area (Å²) in [7, 11) is 1.76. The Kier molecular flexibility index (Phi) is 31.8. The molecule has 33 heteroatoms. The van der Waals surface area contributed by atoms with E-state index in [1.54, 1.807) is 91.1 Å². The SMILES string of the molecule is CC(O)C(CO)NC(=O)C1CSSCC(NC(=O)C(Cc2ccccc2)NC(=O)CN(CCN(CCC(C(=O)O)C(=O)O)CC(=O)O)CC(=O)O)C(=O)NC(Cc2ccccc2)C(=O)NC(Cc2c[nH]c3ccccc23)C(=O)NC(CCCCN)C(=O)NC(C(C)O)C(=O)N1.